The molecule has 0 atom stereocenters. The molecule has 3 aromatic rings. The number of rotatable bonds is 8. The number of carbonyl (C=O) groups is 2. The van der Waals surface area contributed by atoms with E-state index in [1.54, 1.807) is 36.0 Å². The Hall–Kier alpha value is -3.40. The zero-order valence-corrected chi connectivity index (χ0v) is 16.8. The summed E-state index contributed by atoms with van der Waals surface area (Å²) in [5.74, 6) is -0.468. The van der Waals surface area contributed by atoms with Gasteiger partial charge in [-0.15, -0.1) is 0 Å². The minimum Gasteiger partial charge on any atom is -0.508 e. The number of benzene rings is 1. The monoisotopic (exact) mass is 415 g/mol. The summed E-state index contributed by atoms with van der Waals surface area (Å²) in [6.07, 6.45) is 3.80. The highest BCUT2D eigenvalue weighted by molar-refractivity contribution is 7.17. The van der Waals surface area contributed by atoms with E-state index >= 15 is 0 Å². The molecule has 0 spiro atoms. The van der Waals surface area contributed by atoms with Gasteiger partial charge in [0, 0.05) is 30.8 Å². The minimum atomic E-state index is -0.833. The Balaban J connectivity index is 1.62. The zero-order chi connectivity index (χ0) is 21.0. The smallest absolute Gasteiger partial charge is 0.303 e. The number of aromatic hydroxyl groups is 1. The van der Waals surface area contributed by atoms with Crippen LogP contribution >= 0.6 is 11.3 Å². The van der Waals surface area contributed by atoms with Crippen LogP contribution in [-0.4, -0.2) is 36.9 Å². The third kappa shape index (κ3) is 5.11. The van der Waals surface area contributed by atoms with Gasteiger partial charge in [-0.3, -0.25) is 14.3 Å². The highest BCUT2D eigenvalue weighted by Crippen LogP contribution is 2.29. The first kappa shape index (κ1) is 20.3. The fourth-order valence-electron chi connectivity index (χ4n) is 2.70. The Bertz CT molecular complexity index is 1040. The molecule has 3 rings (SSSR count). The van der Waals surface area contributed by atoms with Gasteiger partial charge in [0.25, 0.3) is 5.91 Å². The van der Waals surface area contributed by atoms with E-state index in [2.05, 4.69) is 20.7 Å². The first-order valence-corrected chi connectivity index (χ1v) is 9.73. The van der Waals surface area contributed by atoms with Crippen LogP contribution in [0.3, 0.4) is 0 Å². The average molecular weight is 415 g/mol. The van der Waals surface area contributed by atoms with Crippen LogP contribution in [0.4, 0.5) is 16.6 Å². The number of hydrogen-bond acceptors (Lipinski definition) is 7. The molecule has 10 heteroatoms. The molecule has 1 amide bonds. The number of nitrogens with one attached hydrogen (secondary N) is 2. The van der Waals surface area contributed by atoms with Crippen molar-refractivity contribution in [2.24, 2.45) is 0 Å². The lowest BCUT2D eigenvalue weighted by molar-refractivity contribution is -0.137. The molecule has 2 aromatic heterocycles. The quantitative estimate of drug-likeness (QED) is 0.443. The Morgan fingerprint density at radius 1 is 1.24 bits per heavy atom. The van der Waals surface area contributed by atoms with Gasteiger partial charge < -0.3 is 20.8 Å². The maximum absolute atomic E-state index is 12.6. The molecule has 0 saturated carbocycles. The van der Waals surface area contributed by atoms with Gasteiger partial charge in [0.1, 0.15) is 10.6 Å². The average Bonchev–Trinajstić information content (AvgIpc) is 3.32. The van der Waals surface area contributed by atoms with Gasteiger partial charge in [0.05, 0.1) is 11.9 Å². The van der Waals surface area contributed by atoms with Gasteiger partial charge in [-0.05, 0) is 31.9 Å². The third-order valence-electron chi connectivity index (χ3n) is 4.27. The molecule has 9 nitrogen and oxygen atoms in total. The van der Waals surface area contributed by atoms with Gasteiger partial charge >= 0.3 is 5.97 Å². The van der Waals surface area contributed by atoms with Gasteiger partial charge in [0.2, 0.25) is 0 Å². The second-order valence-corrected chi connectivity index (χ2v) is 7.50. The number of phenolic OH excluding ortho intramolecular Hbond substituents is 1. The number of thiazole rings is 1. The van der Waals surface area contributed by atoms with E-state index in [1.807, 2.05) is 6.92 Å². The molecule has 29 heavy (non-hydrogen) atoms. The number of hydrogen-bond donors (Lipinski definition) is 4. The second kappa shape index (κ2) is 8.74. The van der Waals surface area contributed by atoms with Crippen molar-refractivity contribution in [3.8, 4) is 5.75 Å². The molecule has 0 aliphatic rings. The van der Waals surface area contributed by atoms with Crippen molar-refractivity contribution >= 4 is 39.9 Å². The molecule has 2 heterocycles. The van der Waals surface area contributed by atoms with Crippen LogP contribution in [0.5, 0.6) is 5.75 Å². The van der Waals surface area contributed by atoms with Crippen molar-refractivity contribution in [2.45, 2.75) is 33.2 Å². The van der Waals surface area contributed by atoms with Crippen molar-refractivity contribution in [1.82, 2.24) is 14.8 Å². The summed E-state index contributed by atoms with van der Waals surface area (Å²) in [5.41, 5.74) is 2.04. The number of aliphatic carboxylic acids is 1. The first-order chi connectivity index (χ1) is 13.8. The molecule has 0 aliphatic carbocycles. The van der Waals surface area contributed by atoms with Gasteiger partial charge in [-0.1, -0.05) is 17.4 Å². The number of phenols is 1. The lowest BCUT2D eigenvalue weighted by atomic mass is 10.1. The van der Waals surface area contributed by atoms with Crippen LogP contribution < -0.4 is 10.6 Å². The van der Waals surface area contributed by atoms with Crippen LogP contribution in [0.25, 0.3) is 0 Å². The summed E-state index contributed by atoms with van der Waals surface area (Å²) in [5, 5.41) is 29.2. The summed E-state index contributed by atoms with van der Waals surface area (Å²) >= 11 is 1.18. The summed E-state index contributed by atoms with van der Waals surface area (Å²) in [6, 6.07) is 5.08. The van der Waals surface area contributed by atoms with Crippen molar-refractivity contribution in [2.75, 3.05) is 10.6 Å². The van der Waals surface area contributed by atoms with Crippen LogP contribution in [0, 0.1) is 13.8 Å². The predicted molar refractivity (Wildman–Crippen MR) is 110 cm³/mol. The standard InChI is InChI=1S/C19H21N5O4S/c1-11-5-6-13(25)12(2)17(11)22-18(28)14-10-20-19(29-14)21-15-7-9-24(23-15)8-3-4-16(26)27/h5-7,9-10,25H,3-4,8H2,1-2H3,(H,22,28)(H,26,27)(H,20,21,23). The topological polar surface area (TPSA) is 129 Å². The number of amides is 1. The van der Waals surface area contributed by atoms with Crippen LogP contribution in [0.1, 0.15) is 33.6 Å². The van der Waals surface area contributed by atoms with Crippen LogP contribution in [0.2, 0.25) is 0 Å². The fraction of sp³-hybridized carbons (Fsp3) is 0.263. The fourth-order valence-corrected chi connectivity index (χ4v) is 3.41. The predicted octanol–water partition coefficient (Wildman–Crippen LogP) is 3.52. The molecular weight excluding hydrogens is 394 g/mol. The Morgan fingerprint density at radius 2 is 2.03 bits per heavy atom. The molecule has 152 valence electrons. The van der Waals surface area contributed by atoms with E-state index in [1.165, 1.54) is 17.5 Å². The molecule has 0 radical (unpaired) electrons. The summed E-state index contributed by atoms with van der Waals surface area (Å²) in [4.78, 5) is 27.7. The first-order valence-electron chi connectivity index (χ1n) is 8.92. The molecule has 0 saturated heterocycles. The van der Waals surface area contributed by atoms with E-state index < -0.39 is 5.97 Å². The van der Waals surface area contributed by atoms with Crippen LogP contribution in [-0.2, 0) is 11.3 Å². The van der Waals surface area contributed by atoms with Crippen molar-refractivity contribution in [3.63, 3.8) is 0 Å². The van der Waals surface area contributed by atoms with Crippen LogP contribution in [0.15, 0.2) is 30.6 Å². The number of carboxylic acids is 1. The summed E-state index contributed by atoms with van der Waals surface area (Å²) in [6.45, 7) is 4.10. The van der Waals surface area contributed by atoms with E-state index in [0.29, 0.717) is 40.0 Å². The van der Waals surface area contributed by atoms with Gasteiger partial charge in [-0.2, -0.15) is 5.10 Å². The van der Waals surface area contributed by atoms with Gasteiger partial charge in [0.15, 0.2) is 10.9 Å². The molecule has 1 aromatic carbocycles. The number of aryl methyl sites for hydroxylation is 2. The van der Waals surface area contributed by atoms with E-state index in [9.17, 15) is 14.7 Å². The Morgan fingerprint density at radius 3 is 2.79 bits per heavy atom. The largest absolute Gasteiger partial charge is 0.508 e. The zero-order valence-electron chi connectivity index (χ0n) is 16.0. The molecular formula is C19H21N5O4S. The number of aromatic nitrogens is 3. The van der Waals surface area contributed by atoms with E-state index in [0.717, 1.165) is 5.56 Å². The van der Waals surface area contributed by atoms with Gasteiger partial charge in [-0.25, -0.2) is 4.98 Å². The maximum atomic E-state index is 12.6. The Kier molecular flexibility index (Phi) is 6.13. The maximum Gasteiger partial charge on any atom is 0.303 e. The van der Waals surface area contributed by atoms with Crippen molar-refractivity contribution in [1.29, 1.82) is 0 Å². The second-order valence-electron chi connectivity index (χ2n) is 6.47. The lowest BCUT2D eigenvalue weighted by Crippen LogP contribution is -2.12. The van der Waals surface area contributed by atoms with Crippen molar-refractivity contribution in [3.05, 3.63) is 46.6 Å². The molecule has 0 unspecified atom stereocenters. The highest BCUT2D eigenvalue weighted by Gasteiger charge is 2.15. The van der Waals surface area contributed by atoms with E-state index in [4.69, 9.17) is 5.11 Å². The summed E-state index contributed by atoms with van der Waals surface area (Å²) in [7, 11) is 0. The number of nitrogens with zero attached hydrogens (tertiary/aromatic N) is 3. The lowest BCUT2D eigenvalue weighted by Gasteiger charge is -2.11. The van der Waals surface area contributed by atoms with E-state index in [-0.39, 0.29) is 18.1 Å². The summed E-state index contributed by atoms with van der Waals surface area (Å²) < 4.78 is 1.65. The number of carboxylic acid groups (broad SMARTS) is 1. The minimum absolute atomic E-state index is 0.0890. The number of anilines is 3. The SMILES string of the molecule is Cc1ccc(O)c(C)c1NC(=O)c1cnc(Nc2ccn(CCCC(=O)O)n2)s1. The molecule has 0 aliphatic heterocycles. The highest BCUT2D eigenvalue weighted by atomic mass is 32.1. The third-order valence-corrected chi connectivity index (χ3v) is 5.18. The molecule has 0 bridgehead atoms. The molecule has 4 N–H and O–H groups in total. The van der Waals surface area contributed by atoms with Crippen molar-refractivity contribution < 1.29 is 19.8 Å². The normalized spacial score (nSPS) is 10.7. The Labute approximate surface area is 171 Å². The molecule has 0 fully saturated rings. The number of carbonyl (C=O) groups excluding carboxylic acids is 1.